The van der Waals surface area contributed by atoms with Gasteiger partial charge in [0.1, 0.15) is 0 Å². The van der Waals surface area contributed by atoms with Gasteiger partial charge in [0.05, 0.1) is 0 Å². The Hall–Kier alpha value is -10.4. The number of fused-ring (bicyclic) bond motifs is 2. The number of hydrogen-bond donors (Lipinski definition) is 0. The van der Waals surface area contributed by atoms with Gasteiger partial charge in [-0.2, -0.15) is 0 Å². The van der Waals surface area contributed by atoms with E-state index in [1.54, 1.807) is 0 Å². The highest BCUT2D eigenvalue weighted by Gasteiger charge is 2.24. The molecule has 13 aromatic carbocycles. The molecule has 0 saturated heterocycles. The summed E-state index contributed by atoms with van der Waals surface area (Å²) in [6.45, 7) is 17.6. The van der Waals surface area contributed by atoms with Crippen LogP contribution in [0.25, 0.3) is 43.8 Å². The van der Waals surface area contributed by atoms with E-state index in [1.807, 2.05) is 0 Å². The summed E-state index contributed by atoms with van der Waals surface area (Å²) in [5.74, 6) is 0. The van der Waals surface area contributed by atoms with Gasteiger partial charge in [0.2, 0.25) is 0 Å². The molecule has 0 aliphatic rings. The first-order chi connectivity index (χ1) is 41.9. The van der Waals surface area contributed by atoms with Gasteiger partial charge in [-0.1, -0.05) is 133 Å². The molecule has 0 aliphatic heterocycles. The van der Waals surface area contributed by atoms with Crippen molar-refractivity contribution < 1.29 is 0 Å². The highest BCUT2D eigenvalue weighted by molar-refractivity contribution is 6.23. The van der Waals surface area contributed by atoms with Crippen LogP contribution in [0.15, 0.2) is 279 Å². The zero-order chi connectivity index (χ0) is 59.0. The average Bonchev–Trinajstić information content (AvgIpc) is 0.808. The zero-order valence-corrected chi connectivity index (χ0v) is 50.3. The van der Waals surface area contributed by atoms with Crippen LogP contribution in [-0.4, -0.2) is 0 Å². The monoisotopic (exact) mass is 1110 g/mol. The quantitative estimate of drug-likeness (QED) is 0.101. The number of benzene rings is 13. The summed E-state index contributed by atoms with van der Waals surface area (Å²) in [6.07, 6.45) is 0. The third-order valence-electron chi connectivity index (χ3n) is 17.5. The molecule has 0 fully saturated rings. The number of anilines is 12. The van der Waals surface area contributed by atoms with Crippen molar-refractivity contribution in [2.45, 2.75) is 55.4 Å². The first-order valence-corrected chi connectivity index (χ1v) is 29.9. The van der Waals surface area contributed by atoms with Crippen molar-refractivity contribution in [3.05, 3.63) is 324 Å². The van der Waals surface area contributed by atoms with Crippen LogP contribution in [0.1, 0.15) is 44.5 Å². The summed E-state index contributed by atoms with van der Waals surface area (Å²) in [5, 5.41) is 4.64. The van der Waals surface area contributed by atoms with Crippen molar-refractivity contribution in [3.8, 4) is 22.3 Å². The van der Waals surface area contributed by atoms with Crippen molar-refractivity contribution in [3.63, 3.8) is 0 Å². The Morgan fingerprint density at radius 2 is 0.372 bits per heavy atom. The first kappa shape index (κ1) is 54.8. The fraction of sp³-hybridized carbons (Fsp3) is 0.0976. The van der Waals surface area contributed by atoms with Crippen LogP contribution in [0.2, 0.25) is 0 Å². The van der Waals surface area contributed by atoms with E-state index in [0.29, 0.717) is 0 Å². The fourth-order valence-electron chi connectivity index (χ4n) is 12.2. The molecule has 0 unspecified atom stereocenters. The number of nitrogens with zero attached hydrogens (tertiary/aromatic N) is 4. The summed E-state index contributed by atoms with van der Waals surface area (Å²) in [7, 11) is 0. The molecule has 0 aromatic heterocycles. The molecule has 0 bridgehead atoms. The first-order valence-electron chi connectivity index (χ1n) is 29.9. The van der Waals surface area contributed by atoms with E-state index in [9.17, 15) is 0 Å². The second kappa shape index (κ2) is 23.3. The van der Waals surface area contributed by atoms with Gasteiger partial charge in [0.25, 0.3) is 0 Å². The highest BCUT2D eigenvalue weighted by Crippen LogP contribution is 2.50. The molecule has 4 nitrogen and oxygen atoms in total. The van der Waals surface area contributed by atoms with Crippen LogP contribution in [0.5, 0.6) is 0 Å². The molecule has 0 amide bonds. The molecule has 0 spiro atoms. The summed E-state index contributed by atoms with van der Waals surface area (Å²) < 4.78 is 0. The van der Waals surface area contributed by atoms with E-state index >= 15 is 0 Å². The predicted molar refractivity (Wildman–Crippen MR) is 369 cm³/mol. The van der Waals surface area contributed by atoms with Gasteiger partial charge in [-0.3, -0.25) is 0 Å². The third-order valence-corrected chi connectivity index (χ3v) is 17.5. The normalized spacial score (nSPS) is 11.3. The minimum atomic E-state index is 1.08. The minimum absolute atomic E-state index is 1.08. The maximum atomic E-state index is 2.46. The van der Waals surface area contributed by atoms with Crippen molar-refractivity contribution in [1.29, 1.82) is 0 Å². The number of hydrogen-bond acceptors (Lipinski definition) is 4. The summed E-state index contributed by atoms with van der Waals surface area (Å²) in [6, 6.07) is 103. The maximum Gasteiger partial charge on any atom is 0.0468 e. The van der Waals surface area contributed by atoms with Crippen molar-refractivity contribution in [2.75, 3.05) is 19.6 Å². The molecule has 0 N–H and O–H groups in total. The molecular formula is C82H70N4. The fourth-order valence-corrected chi connectivity index (χ4v) is 12.2. The minimum Gasteiger partial charge on any atom is -0.311 e. The summed E-state index contributed by atoms with van der Waals surface area (Å²) in [5.41, 5.74) is 27.8. The molecule has 0 aliphatic carbocycles. The average molecular weight is 1110 g/mol. The van der Waals surface area contributed by atoms with E-state index < -0.39 is 0 Å². The molecule has 418 valence electrons. The Balaban J connectivity index is 1.11. The third kappa shape index (κ3) is 10.6. The Morgan fingerprint density at radius 3 is 0.628 bits per heavy atom. The predicted octanol–water partition coefficient (Wildman–Crippen LogP) is 23.7. The van der Waals surface area contributed by atoms with Gasteiger partial charge in [-0.25, -0.2) is 0 Å². The Labute approximate surface area is 507 Å². The summed E-state index contributed by atoms with van der Waals surface area (Å²) in [4.78, 5) is 9.56. The van der Waals surface area contributed by atoms with Crippen molar-refractivity contribution in [2.24, 2.45) is 0 Å². The molecule has 4 heteroatoms. The van der Waals surface area contributed by atoms with Gasteiger partial charge < -0.3 is 19.6 Å². The Morgan fingerprint density at radius 1 is 0.163 bits per heavy atom. The van der Waals surface area contributed by atoms with Gasteiger partial charge in [0, 0.05) is 68.2 Å². The molecule has 13 rings (SSSR count). The Kier molecular flexibility index (Phi) is 14.9. The Bertz CT molecular complexity index is 4110. The van der Waals surface area contributed by atoms with E-state index in [1.165, 1.54) is 55.6 Å². The molecule has 13 aromatic rings. The molecule has 0 heterocycles. The van der Waals surface area contributed by atoms with E-state index in [-0.39, 0.29) is 0 Å². The lowest BCUT2D eigenvalue weighted by molar-refractivity contribution is 1.23. The van der Waals surface area contributed by atoms with Gasteiger partial charge >= 0.3 is 0 Å². The van der Waals surface area contributed by atoms with Crippen molar-refractivity contribution in [1.82, 2.24) is 0 Å². The van der Waals surface area contributed by atoms with Crippen molar-refractivity contribution >= 4 is 89.8 Å². The lowest BCUT2D eigenvalue weighted by Gasteiger charge is -2.29. The largest absolute Gasteiger partial charge is 0.311 e. The molecule has 0 atom stereocenters. The van der Waals surface area contributed by atoms with Crippen LogP contribution in [0.4, 0.5) is 68.2 Å². The van der Waals surface area contributed by atoms with Crippen LogP contribution >= 0.6 is 0 Å². The van der Waals surface area contributed by atoms with E-state index in [0.717, 1.165) is 101 Å². The van der Waals surface area contributed by atoms with E-state index in [4.69, 9.17) is 0 Å². The van der Waals surface area contributed by atoms with Gasteiger partial charge in [0.15, 0.2) is 0 Å². The maximum absolute atomic E-state index is 2.46. The topological polar surface area (TPSA) is 13.0 Å². The molecule has 0 radical (unpaired) electrons. The van der Waals surface area contributed by atoms with E-state index in [2.05, 4.69) is 354 Å². The van der Waals surface area contributed by atoms with Gasteiger partial charge in [-0.15, -0.1) is 0 Å². The van der Waals surface area contributed by atoms with Crippen LogP contribution in [-0.2, 0) is 0 Å². The van der Waals surface area contributed by atoms with Crippen LogP contribution in [0.3, 0.4) is 0 Å². The second-order valence-electron chi connectivity index (χ2n) is 23.1. The lowest BCUT2D eigenvalue weighted by Crippen LogP contribution is -2.11. The standard InChI is InChI=1S/C82H70N4/c1-55-29-37-71(49-59(55)5)85(72-38-30-56(2)60(6)50-72)75-45-47-77-79(53-75)81(63-33-41-69(42-34-63)83(65-21-13-9-14-22-65)66-23-15-10-16-24-66)78-48-46-76(86(73-39-31-57(3)61(7)51-73)74-40-32-58(4)62(8)52-74)54-80(78)82(77)64-35-43-70(44-36-64)84(67-25-17-11-18-26-67)68-27-19-12-20-28-68/h9-54H,1-8H3. The molecular weight excluding hydrogens is 1040 g/mol. The second-order valence-corrected chi connectivity index (χ2v) is 23.1. The van der Waals surface area contributed by atoms with Gasteiger partial charge in [-0.05, 0) is 289 Å². The number of aryl methyl sites for hydroxylation is 8. The summed E-state index contributed by atoms with van der Waals surface area (Å²) >= 11 is 0. The SMILES string of the molecule is Cc1ccc(N(c2ccc(C)c(C)c2)c2ccc3c(-c4ccc(N(c5ccccc5)c5ccccc5)cc4)c4cc(N(c5ccc(C)c(C)c5)c5ccc(C)c(C)c5)ccc4c(-c4ccc(N(c5ccccc5)c5ccccc5)cc4)c3c2)cc1C. The number of rotatable bonds is 14. The lowest BCUT2D eigenvalue weighted by atomic mass is 9.85. The molecule has 86 heavy (non-hydrogen) atoms. The van der Waals surface area contributed by atoms with Crippen LogP contribution in [0, 0.1) is 55.4 Å². The van der Waals surface area contributed by atoms with Crippen LogP contribution < -0.4 is 19.6 Å². The number of para-hydroxylation sites is 4. The highest BCUT2D eigenvalue weighted by atomic mass is 15.2. The smallest absolute Gasteiger partial charge is 0.0468 e. The zero-order valence-electron chi connectivity index (χ0n) is 50.3. The molecule has 0 saturated carbocycles.